The second-order valence-corrected chi connectivity index (χ2v) is 10.0. The maximum atomic E-state index is 14.9. The molecule has 0 saturated carbocycles. The molecule has 0 aliphatic heterocycles. The number of aromatic nitrogens is 3. The Morgan fingerprint density at radius 1 is 0.974 bits per heavy atom. The van der Waals surface area contributed by atoms with Gasteiger partial charge in [-0.25, -0.2) is 13.8 Å². The van der Waals surface area contributed by atoms with Crippen molar-refractivity contribution in [3.05, 3.63) is 95.8 Å². The van der Waals surface area contributed by atoms with E-state index in [1.54, 1.807) is 43.1 Å². The highest BCUT2D eigenvalue weighted by Crippen LogP contribution is 2.28. The van der Waals surface area contributed by atoms with Crippen molar-refractivity contribution < 1.29 is 18.7 Å². The molecular formula is C30H32F2N4O2. The van der Waals surface area contributed by atoms with Crippen LogP contribution in [0.4, 0.5) is 8.78 Å². The van der Waals surface area contributed by atoms with Crippen LogP contribution in [-0.2, 0) is 24.3 Å². The van der Waals surface area contributed by atoms with Gasteiger partial charge in [-0.15, -0.1) is 0 Å². The molecule has 38 heavy (non-hydrogen) atoms. The highest BCUT2D eigenvalue weighted by Gasteiger charge is 2.26. The molecule has 1 heterocycles. The fourth-order valence-corrected chi connectivity index (χ4v) is 4.09. The number of benzene rings is 3. The van der Waals surface area contributed by atoms with E-state index >= 15 is 0 Å². The first kappa shape index (κ1) is 27.1. The zero-order valence-electron chi connectivity index (χ0n) is 21.6. The van der Waals surface area contributed by atoms with E-state index < -0.39 is 23.0 Å². The summed E-state index contributed by atoms with van der Waals surface area (Å²) in [5.41, 5.74) is 2.16. The molecule has 0 aliphatic carbocycles. The summed E-state index contributed by atoms with van der Waals surface area (Å²) in [6.07, 6.45) is 3.74. The summed E-state index contributed by atoms with van der Waals surface area (Å²) in [5.74, 6) is -1.60. The lowest BCUT2D eigenvalue weighted by atomic mass is 9.90. The average molecular weight is 519 g/mol. The molecule has 4 rings (SSSR count). The molecule has 6 nitrogen and oxygen atoms in total. The predicted molar refractivity (Wildman–Crippen MR) is 143 cm³/mol. The van der Waals surface area contributed by atoms with Crippen LogP contribution in [0.2, 0.25) is 0 Å². The number of aliphatic carboxylic acids is 1. The van der Waals surface area contributed by atoms with E-state index in [2.05, 4.69) is 27.5 Å². The van der Waals surface area contributed by atoms with Crippen molar-refractivity contribution in [2.75, 3.05) is 6.54 Å². The van der Waals surface area contributed by atoms with E-state index in [0.29, 0.717) is 42.0 Å². The van der Waals surface area contributed by atoms with Gasteiger partial charge in [-0.2, -0.15) is 5.10 Å². The summed E-state index contributed by atoms with van der Waals surface area (Å²) >= 11 is 0. The van der Waals surface area contributed by atoms with Gasteiger partial charge in [0.25, 0.3) is 0 Å². The number of rotatable bonds is 12. The predicted octanol–water partition coefficient (Wildman–Crippen LogP) is 6.11. The van der Waals surface area contributed by atoms with Crippen LogP contribution in [0.25, 0.3) is 22.5 Å². The first-order valence-corrected chi connectivity index (χ1v) is 12.7. The van der Waals surface area contributed by atoms with Crippen LogP contribution in [0.1, 0.15) is 37.8 Å². The highest BCUT2D eigenvalue weighted by atomic mass is 19.1. The highest BCUT2D eigenvalue weighted by molar-refractivity contribution is 5.73. The lowest BCUT2D eigenvalue weighted by molar-refractivity contribution is -0.147. The molecule has 4 aromatic rings. The third-order valence-corrected chi connectivity index (χ3v) is 6.64. The largest absolute Gasteiger partial charge is 0.481 e. The van der Waals surface area contributed by atoms with E-state index in [9.17, 15) is 18.7 Å². The topological polar surface area (TPSA) is 80.0 Å². The van der Waals surface area contributed by atoms with Crippen molar-refractivity contribution in [1.82, 2.24) is 20.1 Å². The zero-order valence-corrected chi connectivity index (χ0v) is 21.6. The van der Waals surface area contributed by atoms with Crippen molar-refractivity contribution >= 4 is 5.97 Å². The number of carboxylic acids is 1. The SMILES string of the molecule is CC(C)(CCn1cnc(-c2cccc(-c3cc(F)c(CNCCCc4ccccc4)c(F)c3)c2)n1)C(=O)O. The summed E-state index contributed by atoms with van der Waals surface area (Å²) in [6, 6.07) is 20.0. The van der Waals surface area contributed by atoms with Gasteiger partial charge in [0, 0.05) is 24.2 Å². The van der Waals surface area contributed by atoms with Gasteiger partial charge in [-0.3, -0.25) is 9.48 Å². The molecule has 8 heteroatoms. The van der Waals surface area contributed by atoms with Crippen molar-refractivity contribution in [3.8, 4) is 22.5 Å². The second-order valence-electron chi connectivity index (χ2n) is 10.0. The minimum atomic E-state index is -0.871. The summed E-state index contributed by atoms with van der Waals surface area (Å²) in [4.78, 5) is 15.7. The normalized spacial score (nSPS) is 11.6. The smallest absolute Gasteiger partial charge is 0.309 e. The van der Waals surface area contributed by atoms with Crippen molar-refractivity contribution in [1.29, 1.82) is 0 Å². The van der Waals surface area contributed by atoms with Gasteiger partial charge in [-0.1, -0.05) is 48.5 Å². The molecule has 0 spiro atoms. The number of nitrogens with one attached hydrogen (secondary N) is 1. The summed E-state index contributed by atoms with van der Waals surface area (Å²) in [7, 11) is 0. The minimum absolute atomic E-state index is 0.0225. The lowest BCUT2D eigenvalue weighted by Gasteiger charge is -2.18. The third-order valence-electron chi connectivity index (χ3n) is 6.64. The first-order valence-electron chi connectivity index (χ1n) is 12.7. The molecule has 0 aliphatic rings. The molecule has 0 radical (unpaired) electrons. The molecule has 0 atom stereocenters. The molecule has 1 aromatic heterocycles. The lowest BCUT2D eigenvalue weighted by Crippen LogP contribution is -2.25. The van der Waals surface area contributed by atoms with E-state index in [4.69, 9.17) is 0 Å². The van der Waals surface area contributed by atoms with E-state index in [0.717, 1.165) is 12.8 Å². The van der Waals surface area contributed by atoms with Gasteiger partial charge in [0.1, 0.15) is 18.0 Å². The van der Waals surface area contributed by atoms with Gasteiger partial charge >= 0.3 is 5.97 Å². The minimum Gasteiger partial charge on any atom is -0.481 e. The quantitative estimate of drug-likeness (QED) is 0.221. The molecule has 3 aromatic carbocycles. The fourth-order valence-electron chi connectivity index (χ4n) is 4.09. The van der Waals surface area contributed by atoms with Crippen molar-refractivity contribution in [2.45, 2.75) is 46.2 Å². The van der Waals surface area contributed by atoms with Gasteiger partial charge in [0.15, 0.2) is 5.82 Å². The van der Waals surface area contributed by atoms with E-state index in [1.807, 2.05) is 24.3 Å². The Balaban J connectivity index is 1.39. The third kappa shape index (κ3) is 6.89. The van der Waals surface area contributed by atoms with Gasteiger partial charge in [0.2, 0.25) is 0 Å². The second kappa shape index (κ2) is 12.1. The van der Waals surface area contributed by atoms with Crippen LogP contribution in [0, 0.1) is 17.0 Å². The molecule has 0 amide bonds. The van der Waals surface area contributed by atoms with E-state index in [-0.39, 0.29) is 12.1 Å². The van der Waals surface area contributed by atoms with E-state index in [1.165, 1.54) is 17.7 Å². The first-order chi connectivity index (χ1) is 18.2. The molecule has 2 N–H and O–H groups in total. The average Bonchev–Trinajstić information content (AvgIpc) is 3.38. The molecule has 0 unspecified atom stereocenters. The molecule has 0 fully saturated rings. The fraction of sp³-hybridized carbons (Fsp3) is 0.300. The number of carboxylic acid groups (broad SMARTS) is 1. The maximum absolute atomic E-state index is 14.9. The van der Waals surface area contributed by atoms with Crippen LogP contribution in [0.5, 0.6) is 0 Å². The number of hydrogen-bond donors (Lipinski definition) is 2. The summed E-state index contributed by atoms with van der Waals surface area (Å²) in [5, 5.41) is 16.9. The van der Waals surface area contributed by atoms with Gasteiger partial charge in [-0.05, 0) is 74.5 Å². The Morgan fingerprint density at radius 3 is 2.39 bits per heavy atom. The van der Waals surface area contributed by atoms with Crippen LogP contribution in [0.15, 0.2) is 73.1 Å². The van der Waals surface area contributed by atoms with Crippen LogP contribution < -0.4 is 5.32 Å². The van der Waals surface area contributed by atoms with Crippen molar-refractivity contribution in [3.63, 3.8) is 0 Å². The number of nitrogens with zero attached hydrogens (tertiary/aromatic N) is 3. The number of carbonyl (C=O) groups is 1. The molecular weight excluding hydrogens is 486 g/mol. The van der Waals surface area contributed by atoms with Crippen molar-refractivity contribution in [2.24, 2.45) is 5.41 Å². The number of hydrogen-bond acceptors (Lipinski definition) is 4. The Bertz CT molecular complexity index is 1360. The standard InChI is InChI=1S/C30H32F2N4O2/c1-30(2,29(37)38)13-15-36-20-34-28(35-36)23-12-6-11-22(16-23)24-17-26(31)25(27(32)18-24)19-33-14-7-10-21-8-4-3-5-9-21/h3-6,8-9,11-12,16-18,20,33H,7,10,13-15,19H2,1-2H3,(H,37,38). The van der Waals surface area contributed by atoms with Crippen LogP contribution in [0.3, 0.4) is 0 Å². The van der Waals surface area contributed by atoms with Crippen LogP contribution in [-0.4, -0.2) is 32.4 Å². The Hall–Kier alpha value is -3.91. The van der Waals surface area contributed by atoms with Crippen LogP contribution >= 0.6 is 0 Å². The number of aryl methyl sites for hydroxylation is 2. The summed E-state index contributed by atoms with van der Waals surface area (Å²) < 4.78 is 31.4. The molecule has 0 saturated heterocycles. The Kier molecular flexibility index (Phi) is 8.63. The summed E-state index contributed by atoms with van der Waals surface area (Å²) in [6.45, 7) is 4.52. The monoisotopic (exact) mass is 518 g/mol. The van der Waals surface area contributed by atoms with Gasteiger partial charge in [0.05, 0.1) is 5.41 Å². The molecule has 198 valence electrons. The maximum Gasteiger partial charge on any atom is 0.309 e. The Labute approximate surface area is 221 Å². The number of halogens is 2. The van der Waals surface area contributed by atoms with Gasteiger partial charge < -0.3 is 10.4 Å². The zero-order chi connectivity index (χ0) is 27.1. The Morgan fingerprint density at radius 2 is 1.68 bits per heavy atom. The molecule has 0 bridgehead atoms.